The van der Waals surface area contributed by atoms with Crippen molar-refractivity contribution < 1.29 is 39.7 Å². The lowest BCUT2D eigenvalue weighted by Crippen LogP contribution is -2.68. The summed E-state index contributed by atoms with van der Waals surface area (Å²) in [6.45, 7) is 5.55. The monoisotopic (exact) mass is 532 g/mol. The second-order valence-electron chi connectivity index (χ2n) is 9.48. The Balaban J connectivity index is 1.96. The van der Waals surface area contributed by atoms with Crippen molar-refractivity contribution in [3.05, 3.63) is 60.7 Å². The Labute approximate surface area is 205 Å². The summed E-state index contributed by atoms with van der Waals surface area (Å²) in [5, 5.41) is 1.78. The smallest absolute Gasteiger partial charge is 0.404 e. The van der Waals surface area contributed by atoms with Gasteiger partial charge in [0.05, 0.1) is 18.8 Å². The highest BCUT2D eigenvalue weighted by molar-refractivity contribution is 7.87. The van der Waals surface area contributed by atoms with E-state index in [1.165, 1.54) is 7.11 Å². The molecule has 35 heavy (non-hydrogen) atoms. The molecule has 11 heteroatoms. The zero-order chi connectivity index (χ0) is 25.9. The van der Waals surface area contributed by atoms with E-state index < -0.39 is 49.0 Å². The number of alkyl halides is 3. The van der Waals surface area contributed by atoms with E-state index in [-0.39, 0.29) is 11.5 Å². The van der Waals surface area contributed by atoms with E-state index in [1.54, 1.807) is 0 Å². The van der Waals surface area contributed by atoms with Crippen molar-refractivity contribution in [3.8, 4) is 0 Å². The fourth-order valence-electron chi connectivity index (χ4n) is 4.46. The first-order chi connectivity index (χ1) is 16.3. The maximum Gasteiger partial charge on any atom is 0.523 e. The zero-order valence-corrected chi connectivity index (χ0v) is 21.9. The van der Waals surface area contributed by atoms with Gasteiger partial charge in [-0.25, -0.2) is 0 Å². The lowest BCUT2D eigenvalue weighted by atomic mass is 10.1. The first-order valence-corrected chi connectivity index (χ1v) is 14.5. The third-order valence-corrected chi connectivity index (χ3v) is 12.1. The molecule has 194 valence electrons. The van der Waals surface area contributed by atoms with Crippen LogP contribution < -0.4 is 10.4 Å². The molecular weight excluding hydrogens is 501 g/mol. The van der Waals surface area contributed by atoms with Crippen molar-refractivity contribution in [3.63, 3.8) is 0 Å². The van der Waals surface area contributed by atoms with E-state index in [0.29, 0.717) is 6.42 Å². The molecule has 0 spiro atoms. The van der Waals surface area contributed by atoms with Crippen LogP contribution in [0.1, 0.15) is 33.6 Å². The first-order valence-electron chi connectivity index (χ1n) is 11.2. The summed E-state index contributed by atoms with van der Waals surface area (Å²) in [4.78, 5) is 0. The quantitative estimate of drug-likeness (QED) is 0.291. The summed E-state index contributed by atoms with van der Waals surface area (Å²) in [5.74, 6) is 0. The Morgan fingerprint density at radius 3 is 1.89 bits per heavy atom. The second-order valence-corrected chi connectivity index (χ2v) is 15.3. The van der Waals surface area contributed by atoms with Crippen LogP contribution in [0.25, 0.3) is 0 Å². The van der Waals surface area contributed by atoms with Crippen molar-refractivity contribution >= 4 is 28.8 Å². The molecule has 1 fully saturated rings. The van der Waals surface area contributed by atoms with Crippen LogP contribution in [0.3, 0.4) is 0 Å². The van der Waals surface area contributed by atoms with Gasteiger partial charge in [-0.3, -0.25) is 4.18 Å². The number of methoxy groups -OCH3 is 1. The number of hydrogen-bond acceptors (Lipinski definition) is 6. The molecule has 0 radical (unpaired) electrons. The summed E-state index contributed by atoms with van der Waals surface area (Å²) < 4.78 is 83.3. The summed E-state index contributed by atoms with van der Waals surface area (Å²) in [7, 11) is -7.27. The number of ether oxygens (including phenoxy) is 2. The van der Waals surface area contributed by atoms with Gasteiger partial charge >= 0.3 is 15.6 Å². The Hall–Kier alpha value is -1.76. The molecule has 0 aromatic heterocycles. The summed E-state index contributed by atoms with van der Waals surface area (Å²) in [6, 6.07) is 19.8. The normalized spacial score (nSPS) is 22.2. The predicted octanol–water partition coefficient (Wildman–Crippen LogP) is 3.95. The number of hydrogen-bond donors (Lipinski definition) is 0. The van der Waals surface area contributed by atoms with Crippen LogP contribution in [0.4, 0.5) is 13.2 Å². The summed E-state index contributed by atoms with van der Waals surface area (Å²) in [6.07, 6.45) is -1.73. The van der Waals surface area contributed by atoms with Crippen molar-refractivity contribution in [2.45, 2.75) is 62.7 Å². The van der Waals surface area contributed by atoms with Crippen molar-refractivity contribution in [2.24, 2.45) is 0 Å². The predicted molar refractivity (Wildman–Crippen MR) is 128 cm³/mol. The minimum absolute atomic E-state index is 0.151. The SMILES string of the molecule is COC1C[C@@H](O[Si](c2ccccc2)(c2ccccc2)C(C)(C)C)C[C@@H](COS(=O)(=O)C(F)(F)F)O1. The molecule has 3 atom stereocenters. The molecule has 0 amide bonds. The average molecular weight is 533 g/mol. The molecule has 2 aromatic carbocycles. The van der Waals surface area contributed by atoms with E-state index in [2.05, 4.69) is 25.0 Å². The van der Waals surface area contributed by atoms with Gasteiger partial charge in [0, 0.05) is 20.0 Å². The Bertz CT molecular complexity index is 1020. The molecule has 0 saturated carbocycles. The van der Waals surface area contributed by atoms with Gasteiger partial charge in [0.15, 0.2) is 6.29 Å². The van der Waals surface area contributed by atoms with Crippen molar-refractivity contribution in [1.82, 2.24) is 0 Å². The Morgan fingerprint density at radius 2 is 1.46 bits per heavy atom. The number of benzene rings is 2. The van der Waals surface area contributed by atoms with Crippen LogP contribution in [0.2, 0.25) is 5.04 Å². The molecule has 3 rings (SSSR count). The fourth-order valence-corrected chi connectivity index (χ4v) is 9.63. The fraction of sp³-hybridized carbons (Fsp3) is 0.500. The van der Waals surface area contributed by atoms with Crippen LogP contribution in [0.15, 0.2) is 60.7 Å². The van der Waals surface area contributed by atoms with E-state index >= 15 is 0 Å². The topological polar surface area (TPSA) is 71.1 Å². The van der Waals surface area contributed by atoms with Gasteiger partial charge in [0.1, 0.15) is 0 Å². The van der Waals surface area contributed by atoms with E-state index in [4.69, 9.17) is 13.9 Å². The molecule has 1 aliphatic rings. The van der Waals surface area contributed by atoms with Gasteiger partial charge in [-0.05, 0) is 15.4 Å². The third kappa shape index (κ3) is 6.15. The maximum absolute atomic E-state index is 12.7. The average Bonchev–Trinajstić information content (AvgIpc) is 2.80. The molecule has 1 heterocycles. The van der Waals surface area contributed by atoms with Crippen LogP contribution in [0, 0.1) is 0 Å². The first kappa shape index (κ1) is 27.8. The summed E-state index contributed by atoms with van der Waals surface area (Å²) in [5.41, 5.74) is -5.51. The van der Waals surface area contributed by atoms with Gasteiger partial charge in [-0.1, -0.05) is 81.4 Å². The van der Waals surface area contributed by atoms with Gasteiger partial charge in [0.2, 0.25) is 0 Å². The minimum Gasteiger partial charge on any atom is -0.404 e. The third-order valence-electron chi connectivity index (χ3n) is 6.04. The molecular formula is C24H31F3O6SSi. The van der Waals surface area contributed by atoms with Gasteiger partial charge in [-0.15, -0.1) is 0 Å². The number of rotatable bonds is 8. The molecule has 0 aliphatic carbocycles. The zero-order valence-electron chi connectivity index (χ0n) is 20.1. The van der Waals surface area contributed by atoms with Crippen molar-refractivity contribution in [2.75, 3.05) is 13.7 Å². The second kappa shape index (κ2) is 10.7. The Kier molecular flexibility index (Phi) is 8.50. The van der Waals surface area contributed by atoms with E-state index in [9.17, 15) is 21.6 Å². The van der Waals surface area contributed by atoms with Gasteiger partial charge < -0.3 is 13.9 Å². The standard InChI is InChI=1S/C24H31F3O6SSi/c1-23(2,3)35(20-11-7-5-8-12-20,21-13-9-6-10-14-21)33-18-15-19(32-22(16-18)30-4)17-31-34(28,29)24(25,26)27/h5-14,18-19,22H,15-17H2,1-4H3/t18-,19-,22?/m0/s1. The molecule has 1 saturated heterocycles. The van der Waals surface area contributed by atoms with Crippen LogP contribution in [0.5, 0.6) is 0 Å². The molecule has 1 unspecified atom stereocenters. The van der Waals surface area contributed by atoms with Gasteiger partial charge in [0.25, 0.3) is 8.32 Å². The maximum atomic E-state index is 12.7. The van der Waals surface area contributed by atoms with Gasteiger partial charge in [-0.2, -0.15) is 21.6 Å². The minimum atomic E-state index is -5.74. The summed E-state index contributed by atoms with van der Waals surface area (Å²) >= 11 is 0. The van der Waals surface area contributed by atoms with Crippen LogP contribution in [-0.4, -0.2) is 54.5 Å². The van der Waals surface area contributed by atoms with E-state index in [1.807, 2.05) is 60.7 Å². The van der Waals surface area contributed by atoms with Crippen molar-refractivity contribution in [1.29, 1.82) is 0 Å². The lowest BCUT2D eigenvalue weighted by molar-refractivity contribution is -0.207. The Morgan fingerprint density at radius 1 is 0.943 bits per heavy atom. The highest BCUT2D eigenvalue weighted by Gasteiger charge is 2.53. The highest BCUT2D eigenvalue weighted by Crippen LogP contribution is 2.39. The van der Waals surface area contributed by atoms with E-state index in [0.717, 1.165) is 10.4 Å². The molecule has 6 nitrogen and oxygen atoms in total. The van der Waals surface area contributed by atoms with Crippen LogP contribution in [-0.2, 0) is 28.2 Å². The molecule has 1 aliphatic heterocycles. The molecule has 0 N–H and O–H groups in total. The number of halogens is 3. The lowest BCUT2D eigenvalue weighted by Gasteiger charge is -2.47. The van der Waals surface area contributed by atoms with Crippen LogP contribution >= 0.6 is 0 Å². The highest BCUT2D eigenvalue weighted by atomic mass is 32.2. The largest absolute Gasteiger partial charge is 0.523 e. The molecule has 0 bridgehead atoms. The molecule has 2 aromatic rings.